The molecular weight excluding hydrogens is 536 g/mol. The summed E-state index contributed by atoms with van der Waals surface area (Å²) in [5.41, 5.74) is 4.00. The van der Waals surface area contributed by atoms with Crippen molar-refractivity contribution in [1.82, 2.24) is 9.62 Å². The zero-order chi connectivity index (χ0) is 28.4. The average Bonchev–Trinajstić information content (AvgIpc) is 3.29. The summed E-state index contributed by atoms with van der Waals surface area (Å²) in [4.78, 5) is 11.3. The van der Waals surface area contributed by atoms with E-state index in [9.17, 15) is 18.3 Å². The Morgan fingerprint density at radius 3 is 2.21 bits per heavy atom. The van der Waals surface area contributed by atoms with Gasteiger partial charge in [0.1, 0.15) is 0 Å². The van der Waals surface area contributed by atoms with Crippen molar-refractivity contribution in [3.8, 4) is 11.1 Å². The molecule has 0 amide bonds. The number of nitrogens with one attached hydrogen (secondary N) is 1. The molecule has 9 heteroatoms. The normalized spacial score (nSPS) is 14.9. The van der Waals surface area contributed by atoms with Crippen molar-refractivity contribution in [1.29, 1.82) is 0 Å². The molecule has 0 bridgehead atoms. The molecule has 3 aromatic rings. The highest BCUT2D eigenvalue weighted by atomic mass is 35.5. The molecule has 0 radical (unpaired) electrons. The molecule has 3 N–H and O–H groups in total. The van der Waals surface area contributed by atoms with Crippen LogP contribution in [0, 0.1) is 5.92 Å². The lowest BCUT2D eigenvalue weighted by Gasteiger charge is -2.31. The SMILES string of the molecule is CN(C[C@H](O)CNC(C)(C)CC1Cc2ccccc2C1)S(=O)(=O)c1ccc(-c2ccc(C(=O)O)c(Cl)c2)cc1. The van der Waals surface area contributed by atoms with Gasteiger partial charge >= 0.3 is 5.97 Å². The number of halogens is 1. The Hall–Kier alpha value is -2.75. The van der Waals surface area contributed by atoms with E-state index in [4.69, 9.17) is 16.7 Å². The summed E-state index contributed by atoms with van der Waals surface area (Å²) in [5, 5.41) is 23.3. The zero-order valence-corrected chi connectivity index (χ0v) is 24.0. The molecule has 1 aliphatic rings. The molecule has 1 aliphatic carbocycles. The minimum atomic E-state index is -3.82. The van der Waals surface area contributed by atoms with Gasteiger partial charge in [0, 0.05) is 25.7 Å². The quantitative estimate of drug-likeness (QED) is 0.304. The second kappa shape index (κ2) is 11.8. The zero-order valence-electron chi connectivity index (χ0n) is 22.4. The van der Waals surface area contributed by atoms with E-state index in [1.807, 2.05) is 0 Å². The van der Waals surface area contributed by atoms with Crippen LogP contribution in [-0.2, 0) is 22.9 Å². The maximum atomic E-state index is 13.1. The molecule has 1 atom stereocenters. The minimum Gasteiger partial charge on any atom is -0.478 e. The number of aliphatic hydroxyl groups excluding tert-OH is 1. The van der Waals surface area contributed by atoms with Gasteiger partial charge in [0.05, 0.1) is 21.6 Å². The Bertz CT molecular complexity index is 1410. The summed E-state index contributed by atoms with van der Waals surface area (Å²) in [7, 11) is -2.36. The van der Waals surface area contributed by atoms with E-state index >= 15 is 0 Å². The molecule has 0 unspecified atom stereocenters. The Kier molecular flexibility index (Phi) is 8.83. The maximum absolute atomic E-state index is 13.1. The van der Waals surface area contributed by atoms with Gasteiger partial charge in [0.2, 0.25) is 10.0 Å². The van der Waals surface area contributed by atoms with Crippen LogP contribution in [0.15, 0.2) is 71.6 Å². The standard InChI is InChI=1S/C30H35ClN2O5S/c1-30(2,17-20-14-22-6-4-5-7-23(22)15-20)32-18-25(34)19-33(3)39(37,38)26-11-8-21(9-12-26)24-10-13-27(29(35)36)28(31)16-24/h4-13,16,20,25,32,34H,14-15,17-19H2,1-3H3,(H,35,36)/t25-/m1/s1. The highest BCUT2D eigenvalue weighted by Crippen LogP contribution is 2.32. The fourth-order valence-electron chi connectivity index (χ4n) is 5.31. The van der Waals surface area contributed by atoms with E-state index in [2.05, 4.69) is 43.4 Å². The van der Waals surface area contributed by atoms with Crippen LogP contribution in [-0.4, -0.2) is 60.7 Å². The van der Waals surface area contributed by atoms with Crippen molar-refractivity contribution in [3.05, 3.63) is 88.4 Å². The number of rotatable bonds is 11. The maximum Gasteiger partial charge on any atom is 0.337 e. The predicted octanol–water partition coefficient (Wildman–Crippen LogP) is 4.86. The van der Waals surface area contributed by atoms with Crippen molar-refractivity contribution >= 4 is 27.6 Å². The van der Waals surface area contributed by atoms with Crippen LogP contribution in [0.1, 0.15) is 41.8 Å². The number of hydrogen-bond acceptors (Lipinski definition) is 5. The number of carbonyl (C=O) groups is 1. The summed E-state index contributed by atoms with van der Waals surface area (Å²) < 4.78 is 27.4. The Balaban J connectivity index is 1.32. The Morgan fingerprint density at radius 1 is 1.05 bits per heavy atom. The van der Waals surface area contributed by atoms with Gasteiger partial charge in [-0.2, -0.15) is 4.31 Å². The van der Waals surface area contributed by atoms with Crippen molar-refractivity contribution < 1.29 is 23.4 Å². The molecule has 0 saturated heterocycles. The first kappa shape index (κ1) is 29.2. The summed E-state index contributed by atoms with van der Waals surface area (Å²) in [6.45, 7) is 4.47. The van der Waals surface area contributed by atoms with Gasteiger partial charge in [-0.1, -0.05) is 54.1 Å². The van der Waals surface area contributed by atoms with Crippen molar-refractivity contribution in [2.24, 2.45) is 5.92 Å². The number of carboxylic acids is 1. The van der Waals surface area contributed by atoms with Gasteiger partial charge in [-0.25, -0.2) is 13.2 Å². The lowest BCUT2D eigenvalue weighted by molar-refractivity contribution is 0.0697. The van der Waals surface area contributed by atoms with E-state index in [1.54, 1.807) is 18.2 Å². The Labute approximate surface area is 235 Å². The first-order valence-corrected chi connectivity index (χ1v) is 14.8. The number of nitrogens with zero attached hydrogens (tertiary/aromatic N) is 1. The topological polar surface area (TPSA) is 107 Å². The highest BCUT2D eigenvalue weighted by molar-refractivity contribution is 7.89. The number of fused-ring (bicyclic) bond motifs is 1. The molecule has 208 valence electrons. The van der Waals surface area contributed by atoms with Gasteiger partial charge in [-0.05, 0) is 85.5 Å². The van der Waals surface area contributed by atoms with Crippen molar-refractivity contribution in [3.63, 3.8) is 0 Å². The van der Waals surface area contributed by atoms with Gasteiger partial charge < -0.3 is 15.5 Å². The monoisotopic (exact) mass is 570 g/mol. The number of hydrogen-bond donors (Lipinski definition) is 3. The second-order valence-electron chi connectivity index (χ2n) is 11.0. The first-order valence-electron chi connectivity index (χ1n) is 13.0. The number of carboxylic acid groups (broad SMARTS) is 1. The summed E-state index contributed by atoms with van der Waals surface area (Å²) in [6.07, 6.45) is 2.20. The van der Waals surface area contributed by atoms with Gasteiger partial charge in [-0.3, -0.25) is 0 Å². The molecule has 0 aromatic heterocycles. The molecule has 39 heavy (non-hydrogen) atoms. The lowest BCUT2D eigenvalue weighted by atomic mass is 9.88. The Morgan fingerprint density at radius 2 is 1.64 bits per heavy atom. The molecule has 0 aliphatic heterocycles. The van der Waals surface area contributed by atoms with Gasteiger partial charge in [0.15, 0.2) is 0 Å². The van der Waals surface area contributed by atoms with Gasteiger partial charge in [0.25, 0.3) is 0 Å². The van der Waals surface area contributed by atoms with E-state index in [-0.39, 0.29) is 34.1 Å². The smallest absolute Gasteiger partial charge is 0.337 e. The van der Waals surface area contributed by atoms with Crippen LogP contribution in [0.5, 0.6) is 0 Å². The fraction of sp³-hybridized carbons (Fsp3) is 0.367. The first-order chi connectivity index (χ1) is 18.4. The number of aliphatic hydroxyl groups is 1. The second-order valence-corrected chi connectivity index (χ2v) is 13.4. The van der Waals surface area contributed by atoms with Crippen LogP contribution in [0.4, 0.5) is 0 Å². The van der Waals surface area contributed by atoms with Gasteiger partial charge in [-0.15, -0.1) is 0 Å². The van der Waals surface area contributed by atoms with E-state index in [0.29, 0.717) is 17.0 Å². The van der Waals surface area contributed by atoms with Crippen molar-refractivity contribution in [2.75, 3.05) is 20.1 Å². The predicted molar refractivity (Wildman–Crippen MR) is 154 cm³/mol. The minimum absolute atomic E-state index is 0.00165. The number of likely N-dealkylation sites (N-methyl/N-ethyl adjacent to an activating group) is 1. The number of benzene rings is 3. The largest absolute Gasteiger partial charge is 0.478 e. The molecule has 0 saturated carbocycles. The molecule has 0 spiro atoms. The summed E-state index contributed by atoms with van der Waals surface area (Å²) in [6, 6.07) is 19.4. The molecule has 0 heterocycles. The number of aromatic carboxylic acids is 1. The third kappa shape index (κ3) is 7.07. The summed E-state index contributed by atoms with van der Waals surface area (Å²) >= 11 is 6.07. The highest BCUT2D eigenvalue weighted by Gasteiger charge is 2.29. The molecule has 3 aromatic carbocycles. The van der Waals surface area contributed by atoms with Crippen LogP contribution in [0.2, 0.25) is 5.02 Å². The molecule has 7 nitrogen and oxygen atoms in total. The van der Waals surface area contributed by atoms with E-state index < -0.39 is 22.1 Å². The van der Waals surface area contributed by atoms with Crippen LogP contribution >= 0.6 is 11.6 Å². The summed E-state index contributed by atoms with van der Waals surface area (Å²) in [5.74, 6) is -0.573. The molecular formula is C30H35ClN2O5S. The fourth-order valence-corrected chi connectivity index (χ4v) is 6.78. The van der Waals surface area contributed by atoms with E-state index in [0.717, 1.165) is 23.6 Å². The molecule has 0 fully saturated rings. The van der Waals surface area contributed by atoms with Crippen LogP contribution in [0.3, 0.4) is 0 Å². The van der Waals surface area contributed by atoms with E-state index in [1.165, 1.54) is 42.4 Å². The van der Waals surface area contributed by atoms with Crippen LogP contribution in [0.25, 0.3) is 11.1 Å². The lowest BCUT2D eigenvalue weighted by Crippen LogP contribution is -2.47. The third-order valence-corrected chi connectivity index (χ3v) is 9.46. The molecule has 4 rings (SSSR count). The van der Waals surface area contributed by atoms with Crippen LogP contribution < -0.4 is 5.32 Å². The number of sulfonamides is 1. The van der Waals surface area contributed by atoms with Crippen molar-refractivity contribution in [2.45, 2.75) is 49.6 Å². The number of β-amino-alcohol motifs (C(OH)–C–C–N with tert-alkyl or cyclic N) is 1. The average molecular weight is 571 g/mol. The third-order valence-electron chi connectivity index (χ3n) is 7.31.